The van der Waals surface area contributed by atoms with Crippen LogP contribution in [0.25, 0.3) is 72.7 Å². The Morgan fingerprint density at radius 3 is 2.20 bits per heavy atom. The molecule has 8 aromatic rings. The van der Waals surface area contributed by atoms with Crippen LogP contribution in [0.15, 0.2) is 146 Å². The number of aromatic nitrogens is 3. The summed E-state index contributed by atoms with van der Waals surface area (Å²) >= 11 is 0. The zero-order chi connectivity index (χ0) is 53.5. The zero-order valence-electron chi connectivity index (χ0n) is 48.3. The van der Waals surface area contributed by atoms with Gasteiger partial charge in [0.25, 0.3) is 0 Å². The number of rotatable bonds is 8. The fraction of sp³-hybridized carbons (Fsp3) is 0.222. The van der Waals surface area contributed by atoms with Crippen LogP contribution in [0, 0.1) is 12.0 Å². The summed E-state index contributed by atoms with van der Waals surface area (Å²) < 4.78 is 130. The van der Waals surface area contributed by atoms with E-state index in [0.29, 0.717) is 39.5 Å². The van der Waals surface area contributed by atoms with Gasteiger partial charge in [-0.15, -0.1) is 29.3 Å². The molecular weight excluding hydrogens is 902 g/mol. The van der Waals surface area contributed by atoms with Crippen LogP contribution in [-0.2, 0) is 38.3 Å². The third kappa shape index (κ3) is 8.61. The molecule has 2 aromatic heterocycles. The van der Waals surface area contributed by atoms with Crippen LogP contribution in [0.1, 0.15) is 92.4 Å². The average Bonchev–Trinajstić information content (AvgIpc) is 3.68. The van der Waals surface area contributed by atoms with Crippen LogP contribution in [0.2, 0.25) is 0 Å². The molecule has 4 nitrogen and oxygen atoms in total. The van der Waals surface area contributed by atoms with E-state index in [2.05, 4.69) is 55.2 Å². The quantitative estimate of drug-likeness (QED) is 0.154. The number of hydrogen-bond acceptors (Lipinski definition) is 3. The third-order valence-electron chi connectivity index (χ3n) is 10.1. The van der Waals surface area contributed by atoms with Gasteiger partial charge in [-0.1, -0.05) is 157 Å². The Morgan fingerprint density at radius 1 is 0.712 bits per heavy atom. The van der Waals surface area contributed by atoms with E-state index in [-0.39, 0.29) is 38.1 Å². The molecule has 5 heteroatoms. The largest absolute Gasteiger partial charge is 0.507 e. The van der Waals surface area contributed by atoms with Gasteiger partial charge in [0, 0.05) is 50.8 Å². The minimum absolute atomic E-state index is 0. The summed E-state index contributed by atoms with van der Waals surface area (Å²) in [5.41, 5.74) is 1.00. The van der Waals surface area contributed by atoms with Gasteiger partial charge in [0.15, 0.2) is 0 Å². The number of benzene rings is 6. The molecule has 0 aliphatic heterocycles. The second-order valence-corrected chi connectivity index (χ2v) is 16.0. The Balaban J connectivity index is 0.00000800. The Hall–Kier alpha value is -5.57. The number of phenolic OH excluding ortho intramolecular Hbond substituents is 1. The molecule has 6 aromatic carbocycles. The van der Waals surface area contributed by atoms with Crippen molar-refractivity contribution in [2.45, 2.75) is 72.4 Å². The standard InChI is InChI=1S/C54H52N3O.Pt/c1-35(2)29-36-21-26-48(46(30-36)38-15-10-9-11-16-38)57-49-19-14-18-44(51(49)56-52(57)45-17-12-13-20-50(45)58)40-31-41(33-43(32-40)54(6,7)8)47-34-39(27-28-55-47)37-22-24-42(25-23-37)53(3,4)5;/h9-28,30,32-35,58H,29H2,1-8H3;/q-1;/i3D3,4D3,5D3,22D,24D,25D,27D,28D,34D;. The van der Waals surface area contributed by atoms with Crippen LogP contribution in [0.3, 0.4) is 0 Å². The van der Waals surface area contributed by atoms with Gasteiger partial charge in [0.05, 0.1) is 30.5 Å². The number of aromatic hydroxyl groups is 1. The molecule has 0 amide bonds. The zero-order valence-corrected chi connectivity index (χ0v) is 35.6. The number of phenols is 1. The Bertz CT molecular complexity index is 3410. The van der Waals surface area contributed by atoms with Crippen molar-refractivity contribution in [2.75, 3.05) is 0 Å². The minimum Gasteiger partial charge on any atom is -0.507 e. The molecule has 0 atom stereocenters. The van der Waals surface area contributed by atoms with Crippen molar-refractivity contribution in [2.24, 2.45) is 5.92 Å². The Labute approximate surface area is 385 Å². The minimum atomic E-state index is -3.83. The van der Waals surface area contributed by atoms with Crippen molar-refractivity contribution in [3.8, 4) is 67.5 Å². The van der Waals surface area contributed by atoms with Gasteiger partial charge in [0.2, 0.25) is 0 Å². The number of nitrogens with zero attached hydrogens (tertiary/aromatic N) is 3. The summed E-state index contributed by atoms with van der Waals surface area (Å²) in [5.74, 6) is 0.876. The second-order valence-electron chi connectivity index (χ2n) is 16.0. The normalized spacial score (nSPS) is 16.2. The van der Waals surface area contributed by atoms with Gasteiger partial charge in [-0.25, -0.2) is 4.98 Å². The van der Waals surface area contributed by atoms with Gasteiger partial charge in [-0.05, 0) is 87.4 Å². The first kappa shape index (κ1) is 26.5. The predicted molar refractivity (Wildman–Crippen MR) is 242 cm³/mol. The monoisotopic (exact) mass is 968 g/mol. The maximum Gasteiger partial charge on any atom is 0.148 e. The molecule has 0 bridgehead atoms. The Kier molecular flexibility index (Phi) is 7.45. The summed E-state index contributed by atoms with van der Waals surface area (Å²) in [6.07, 6.45) is 0.189. The summed E-state index contributed by atoms with van der Waals surface area (Å²) in [6, 6.07) is 32.5. The van der Waals surface area contributed by atoms with E-state index in [4.69, 9.17) is 24.2 Å². The van der Waals surface area contributed by atoms with Crippen molar-refractivity contribution in [1.82, 2.24) is 14.5 Å². The van der Waals surface area contributed by atoms with Crippen molar-refractivity contribution in [1.29, 1.82) is 0 Å². The number of pyridine rings is 1. The first-order chi connectivity index (χ1) is 34.0. The van der Waals surface area contributed by atoms with Gasteiger partial charge in [-0.2, -0.15) is 0 Å². The van der Waals surface area contributed by atoms with Gasteiger partial charge in [-0.3, -0.25) is 9.55 Å². The van der Waals surface area contributed by atoms with E-state index in [0.717, 1.165) is 40.4 Å². The summed E-state index contributed by atoms with van der Waals surface area (Å²) in [6.45, 7) is -1.20. The number of imidazole rings is 1. The van der Waals surface area contributed by atoms with Crippen molar-refractivity contribution in [3.63, 3.8) is 0 Å². The van der Waals surface area contributed by atoms with Crippen molar-refractivity contribution >= 4 is 11.0 Å². The first-order valence-corrected chi connectivity index (χ1v) is 19.2. The summed E-state index contributed by atoms with van der Waals surface area (Å²) in [4.78, 5) is 9.69. The molecule has 0 aliphatic carbocycles. The molecule has 300 valence electrons. The summed E-state index contributed by atoms with van der Waals surface area (Å²) in [7, 11) is 0. The van der Waals surface area contributed by atoms with Gasteiger partial charge in [0.1, 0.15) is 11.6 Å². The predicted octanol–water partition coefficient (Wildman–Crippen LogP) is 14.1. The molecule has 0 radical (unpaired) electrons. The molecule has 2 heterocycles. The molecule has 0 saturated heterocycles. The molecule has 59 heavy (non-hydrogen) atoms. The third-order valence-corrected chi connectivity index (χ3v) is 10.1. The molecule has 0 spiro atoms. The van der Waals surface area contributed by atoms with Crippen molar-refractivity contribution in [3.05, 3.63) is 168 Å². The topological polar surface area (TPSA) is 50.9 Å². The van der Waals surface area contributed by atoms with E-state index in [1.807, 2.05) is 73.9 Å². The van der Waals surface area contributed by atoms with E-state index in [9.17, 15) is 6.48 Å². The van der Waals surface area contributed by atoms with Gasteiger partial charge < -0.3 is 5.11 Å². The maximum absolute atomic E-state index is 11.4. The maximum atomic E-state index is 11.4. The van der Waals surface area contributed by atoms with Crippen LogP contribution in [0.5, 0.6) is 5.75 Å². The second kappa shape index (κ2) is 16.6. The molecular formula is C54H52N3OPt-. The molecule has 1 N–H and O–H groups in total. The molecule has 0 aliphatic rings. The van der Waals surface area contributed by atoms with Gasteiger partial charge >= 0.3 is 0 Å². The van der Waals surface area contributed by atoms with Crippen LogP contribution < -0.4 is 0 Å². The van der Waals surface area contributed by atoms with E-state index < -0.39 is 84.5 Å². The van der Waals surface area contributed by atoms with Crippen LogP contribution in [0.4, 0.5) is 0 Å². The fourth-order valence-corrected chi connectivity index (χ4v) is 7.17. The Morgan fingerprint density at radius 2 is 1.46 bits per heavy atom. The van der Waals surface area contributed by atoms with E-state index in [1.54, 1.807) is 24.3 Å². The van der Waals surface area contributed by atoms with Crippen LogP contribution in [-0.4, -0.2) is 19.6 Å². The molecule has 0 saturated carbocycles. The molecule has 8 rings (SSSR count). The molecule has 0 unspecified atom stereocenters. The molecule has 0 fully saturated rings. The SMILES string of the molecule is [2H]c1cc(-c2c([2H])c([2H])nc(-c3[c-]c(-c4cccc5c4nc(-c4ccccc4O)n5-c4ccc(CC(C)C)cc4-c4ccccc4)cc(C(C)(C)C)c3)c2[2H])c([2H])c([2H])c1C(C([2H])([2H])[2H])(C([2H])([2H])[2H])C([2H])([2H])[2H].[Pt]. The van der Waals surface area contributed by atoms with E-state index >= 15 is 0 Å². The fourth-order valence-electron chi connectivity index (χ4n) is 7.17. The van der Waals surface area contributed by atoms with Crippen LogP contribution >= 0.6 is 0 Å². The average molecular weight is 969 g/mol. The number of para-hydroxylation sites is 2. The van der Waals surface area contributed by atoms with E-state index in [1.165, 1.54) is 0 Å². The van der Waals surface area contributed by atoms with Crippen molar-refractivity contribution < 1.29 is 46.7 Å². The first-order valence-electron chi connectivity index (χ1n) is 26.7. The smallest absolute Gasteiger partial charge is 0.148 e. The number of hydrogen-bond donors (Lipinski definition) is 1. The number of fused-ring (bicyclic) bond motifs is 1. The summed E-state index contributed by atoms with van der Waals surface area (Å²) in [5, 5.41) is 11.4.